The summed E-state index contributed by atoms with van der Waals surface area (Å²) < 4.78 is 0. The Morgan fingerprint density at radius 3 is 2.19 bits per heavy atom. The van der Waals surface area contributed by atoms with Gasteiger partial charge in [-0.1, -0.05) is 0 Å². The van der Waals surface area contributed by atoms with Gasteiger partial charge in [0.15, 0.2) is 5.78 Å². The Bertz CT molecular complexity index is 329. The van der Waals surface area contributed by atoms with E-state index >= 15 is 0 Å². The van der Waals surface area contributed by atoms with E-state index in [1.165, 1.54) is 19.3 Å². The van der Waals surface area contributed by atoms with Crippen LogP contribution in [0.25, 0.3) is 0 Å². The summed E-state index contributed by atoms with van der Waals surface area (Å²) in [4.78, 5) is 25.0. The van der Waals surface area contributed by atoms with Gasteiger partial charge in [-0.2, -0.15) is 0 Å². The lowest BCUT2D eigenvalue weighted by Gasteiger charge is -2.25. The molecule has 1 amide bonds. The quantitative estimate of drug-likeness (QED) is 0.674. The van der Waals surface area contributed by atoms with Gasteiger partial charge in [0.05, 0.1) is 6.04 Å². The zero-order valence-electron chi connectivity index (χ0n) is 10.0. The van der Waals surface area contributed by atoms with Crippen LogP contribution in [0.2, 0.25) is 0 Å². The van der Waals surface area contributed by atoms with Crippen LogP contribution in [0.3, 0.4) is 0 Å². The van der Waals surface area contributed by atoms with Gasteiger partial charge >= 0.3 is 0 Å². The average Bonchev–Trinajstić information content (AvgIpc) is 2.68. The first-order chi connectivity index (χ1) is 7.51. The molecule has 0 aromatic carbocycles. The number of rotatable bonds is 1. The summed E-state index contributed by atoms with van der Waals surface area (Å²) in [5.41, 5.74) is 0.301. The van der Waals surface area contributed by atoms with Crippen LogP contribution in [0.4, 0.5) is 0 Å². The van der Waals surface area contributed by atoms with Crippen LogP contribution < -0.4 is 0 Å². The zero-order chi connectivity index (χ0) is 11.5. The molecule has 3 heteroatoms. The van der Waals surface area contributed by atoms with Crippen LogP contribution in [0.5, 0.6) is 0 Å². The summed E-state index contributed by atoms with van der Waals surface area (Å²) in [7, 11) is 0. The Kier molecular flexibility index (Phi) is 1.99. The van der Waals surface area contributed by atoms with Gasteiger partial charge in [0.1, 0.15) is 0 Å². The predicted octanol–water partition coefficient (Wildman–Crippen LogP) is 1.61. The fraction of sp³-hybridized carbons (Fsp3) is 0.846. The molecular formula is C13H19NO2. The Morgan fingerprint density at radius 2 is 1.75 bits per heavy atom. The van der Waals surface area contributed by atoms with Crippen molar-refractivity contribution in [2.24, 2.45) is 17.3 Å². The highest BCUT2D eigenvalue weighted by molar-refractivity contribution is 5.87. The first kappa shape index (κ1) is 10.3. The number of carbonyl (C=O) groups excluding carboxylic acids is 2. The van der Waals surface area contributed by atoms with Crippen LogP contribution in [0.1, 0.15) is 39.5 Å². The van der Waals surface area contributed by atoms with Crippen LogP contribution in [0.15, 0.2) is 0 Å². The van der Waals surface area contributed by atoms with Crippen molar-refractivity contribution in [3.8, 4) is 0 Å². The van der Waals surface area contributed by atoms with Crippen molar-refractivity contribution in [1.82, 2.24) is 4.90 Å². The summed E-state index contributed by atoms with van der Waals surface area (Å²) in [5, 5.41) is 0. The number of Topliss-reactive ketones (excluding diaryl/α,β-unsaturated/α-hetero) is 1. The summed E-state index contributed by atoms with van der Waals surface area (Å²) in [6.45, 7) is 4.04. The average molecular weight is 221 g/mol. The molecule has 3 aliphatic rings. The van der Waals surface area contributed by atoms with Crippen LogP contribution in [-0.2, 0) is 9.59 Å². The van der Waals surface area contributed by atoms with Gasteiger partial charge in [0, 0.05) is 13.5 Å². The molecule has 3 atom stereocenters. The number of hydrogen-bond donors (Lipinski definition) is 0. The van der Waals surface area contributed by atoms with E-state index in [1.54, 1.807) is 13.8 Å². The minimum atomic E-state index is -0.130. The molecule has 2 unspecified atom stereocenters. The maximum atomic E-state index is 11.6. The van der Waals surface area contributed by atoms with Crippen LogP contribution in [0, 0.1) is 17.3 Å². The van der Waals surface area contributed by atoms with Crippen molar-refractivity contribution >= 4 is 11.7 Å². The van der Waals surface area contributed by atoms with E-state index in [0.29, 0.717) is 5.41 Å². The number of hydrogen-bond acceptors (Lipinski definition) is 2. The highest BCUT2D eigenvalue weighted by Gasteiger charge is 2.58. The molecule has 0 aromatic rings. The molecule has 3 rings (SSSR count). The maximum absolute atomic E-state index is 11.6. The largest absolute Gasteiger partial charge is 0.332 e. The van der Waals surface area contributed by atoms with Crippen molar-refractivity contribution < 1.29 is 9.59 Å². The van der Waals surface area contributed by atoms with Gasteiger partial charge < -0.3 is 4.90 Å². The Labute approximate surface area is 96.2 Å². The predicted molar refractivity (Wildman–Crippen MR) is 59.7 cm³/mol. The number of fused-ring (bicyclic) bond motifs is 1. The lowest BCUT2D eigenvalue weighted by molar-refractivity contribution is -0.135. The summed E-state index contributed by atoms with van der Waals surface area (Å²) in [6, 6.07) is -0.130. The molecule has 88 valence electrons. The second kappa shape index (κ2) is 3.08. The van der Waals surface area contributed by atoms with E-state index < -0.39 is 0 Å². The lowest BCUT2D eigenvalue weighted by atomic mass is 9.80. The highest BCUT2D eigenvalue weighted by atomic mass is 16.2. The number of carbonyl (C=O) groups is 2. The first-order valence-corrected chi connectivity index (χ1v) is 6.28. The van der Waals surface area contributed by atoms with Gasteiger partial charge in [-0.25, -0.2) is 0 Å². The van der Waals surface area contributed by atoms with E-state index in [-0.39, 0.29) is 17.7 Å². The van der Waals surface area contributed by atoms with E-state index in [4.69, 9.17) is 0 Å². The van der Waals surface area contributed by atoms with E-state index in [1.807, 2.05) is 4.90 Å². The van der Waals surface area contributed by atoms with Gasteiger partial charge in [0.25, 0.3) is 0 Å². The number of likely N-dealkylation sites (tertiary alicyclic amines) is 1. The number of ketones is 1. The number of amides is 1. The molecular weight excluding hydrogens is 202 g/mol. The van der Waals surface area contributed by atoms with E-state index in [9.17, 15) is 9.59 Å². The van der Waals surface area contributed by atoms with Crippen molar-refractivity contribution in [2.45, 2.75) is 45.6 Å². The topological polar surface area (TPSA) is 37.4 Å². The fourth-order valence-corrected chi connectivity index (χ4v) is 4.05. The highest BCUT2D eigenvalue weighted by Crippen LogP contribution is 2.63. The molecule has 0 aromatic heterocycles. The summed E-state index contributed by atoms with van der Waals surface area (Å²) in [5.74, 6) is 2.06. The van der Waals surface area contributed by atoms with Crippen molar-refractivity contribution in [3.63, 3.8) is 0 Å². The molecule has 16 heavy (non-hydrogen) atoms. The second-order valence-corrected chi connectivity index (χ2v) is 6.14. The summed E-state index contributed by atoms with van der Waals surface area (Å²) >= 11 is 0. The molecule has 2 saturated carbocycles. The SMILES string of the molecule is CC(=O)[C@@H]1CC2(CC3CC3C2)CN1C(C)=O. The minimum Gasteiger partial charge on any atom is -0.332 e. The Hall–Kier alpha value is -0.860. The Morgan fingerprint density at radius 1 is 1.12 bits per heavy atom. The van der Waals surface area contributed by atoms with Crippen molar-refractivity contribution in [3.05, 3.63) is 0 Å². The van der Waals surface area contributed by atoms with Crippen molar-refractivity contribution in [2.75, 3.05) is 6.54 Å². The number of nitrogens with zero attached hydrogens (tertiary/aromatic N) is 1. The van der Waals surface area contributed by atoms with E-state index in [0.717, 1.165) is 24.8 Å². The zero-order valence-corrected chi connectivity index (χ0v) is 10.0. The third kappa shape index (κ3) is 1.40. The third-order valence-electron chi connectivity index (χ3n) is 4.84. The maximum Gasteiger partial charge on any atom is 0.220 e. The van der Waals surface area contributed by atoms with Gasteiger partial charge in [-0.3, -0.25) is 9.59 Å². The molecule has 1 aliphatic heterocycles. The molecule has 0 bridgehead atoms. The monoisotopic (exact) mass is 221 g/mol. The second-order valence-electron chi connectivity index (χ2n) is 6.14. The fourth-order valence-electron chi connectivity index (χ4n) is 4.05. The van der Waals surface area contributed by atoms with E-state index in [2.05, 4.69) is 0 Å². The molecule has 1 heterocycles. The molecule has 3 nitrogen and oxygen atoms in total. The smallest absolute Gasteiger partial charge is 0.220 e. The lowest BCUT2D eigenvalue weighted by Crippen LogP contribution is -2.38. The van der Waals surface area contributed by atoms with Gasteiger partial charge in [-0.05, 0) is 49.9 Å². The Balaban J connectivity index is 1.81. The molecule has 1 saturated heterocycles. The van der Waals surface area contributed by atoms with Crippen LogP contribution in [-0.4, -0.2) is 29.2 Å². The van der Waals surface area contributed by atoms with Crippen molar-refractivity contribution in [1.29, 1.82) is 0 Å². The minimum absolute atomic E-state index is 0.0673. The van der Waals surface area contributed by atoms with Gasteiger partial charge in [-0.15, -0.1) is 0 Å². The van der Waals surface area contributed by atoms with Gasteiger partial charge in [0.2, 0.25) is 5.91 Å². The third-order valence-corrected chi connectivity index (χ3v) is 4.84. The molecule has 0 radical (unpaired) electrons. The molecule has 3 fully saturated rings. The normalized spacial score (nSPS) is 44.9. The molecule has 2 aliphatic carbocycles. The summed E-state index contributed by atoms with van der Waals surface area (Å²) in [6.07, 6.45) is 4.83. The first-order valence-electron chi connectivity index (χ1n) is 6.28. The molecule has 1 spiro atoms. The molecule has 0 N–H and O–H groups in total. The standard InChI is InChI=1S/C13H19NO2/c1-8(15)12-6-13(7-14(12)9(2)16)4-10-3-11(10)5-13/h10-12H,3-7H2,1-2H3/t10?,11?,12-,13?/m0/s1. The van der Waals surface area contributed by atoms with Crippen LogP contribution >= 0.6 is 0 Å².